The third kappa shape index (κ3) is 3.35. The topological polar surface area (TPSA) is 65.4 Å². The molecule has 0 saturated carbocycles. The van der Waals surface area contributed by atoms with Gasteiger partial charge in [-0.1, -0.05) is 30.3 Å². The van der Waals surface area contributed by atoms with Gasteiger partial charge in [0.1, 0.15) is 6.10 Å². The Balaban J connectivity index is 1.62. The van der Waals surface area contributed by atoms with Gasteiger partial charge in [-0.2, -0.15) is 5.10 Å². The molecule has 1 aliphatic rings. The first kappa shape index (κ1) is 14.7. The minimum atomic E-state index is -0.156. The highest BCUT2D eigenvalue weighted by Crippen LogP contribution is 2.10. The van der Waals surface area contributed by atoms with Gasteiger partial charge in [0.2, 0.25) is 0 Å². The van der Waals surface area contributed by atoms with E-state index in [1.165, 1.54) is 0 Å². The Labute approximate surface area is 129 Å². The van der Waals surface area contributed by atoms with Crippen molar-refractivity contribution in [3.05, 3.63) is 53.9 Å². The lowest BCUT2D eigenvalue weighted by molar-refractivity contribution is 0.0685. The van der Waals surface area contributed by atoms with E-state index in [2.05, 4.69) is 10.4 Å². The van der Waals surface area contributed by atoms with E-state index in [1.807, 2.05) is 30.3 Å². The van der Waals surface area contributed by atoms with E-state index in [4.69, 9.17) is 9.47 Å². The van der Waals surface area contributed by atoms with Crippen LogP contribution >= 0.6 is 0 Å². The van der Waals surface area contributed by atoms with Crippen LogP contribution < -0.4 is 5.32 Å². The van der Waals surface area contributed by atoms with Crippen LogP contribution in [-0.2, 0) is 16.0 Å². The van der Waals surface area contributed by atoms with Gasteiger partial charge in [0.05, 0.1) is 37.6 Å². The van der Waals surface area contributed by atoms with E-state index < -0.39 is 0 Å². The second-order valence-electron chi connectivity index (χ2n) is 5.30. The monoisotopic (exact) mass is 301 g/mol. The first-order chi connectivity index (χ1) is 10.8. The number of aromatic nitrogens is 2. The highest BCUT2D eigenvalue weighted by molar-refractivity contribution is 5.93. The fraction of sp³-hybridized carbons (Fsp3) is 0.375. The summed E-state index contributed by atoms with van der Waals surface area (Å²) in [5.74, 6) is -0.156. The molecule has 0 radical (unpaired) electrons. The number of nitrogens with zero attached hydrogens (tertiary/aromatic N) is 2. The van der Waals surface area contributed by atoms with Gasteiger partial charge in [-0.25, -0.2) is 0 Å². The van der Waals surface area contributed by atoms with Gasteiger partial charge >= 0.3 is 0 Å². The van der Waals surface area contributed by atoms with Gasteiger partial charge in [0.15, 0.2) is 0 Å². The molecule has 1 fully saturated rings. The number of ether oxygens (including phenoxy) is 2. The molecule has 1 aromatic heterocycles. The van der Waals surface area contributed by atoms with Crippen molar-refractivity contribution in [1.82, 2.24) is 15.1 Å². The molecular formula is C16H19N3O3. The van der Waals surface area contributed by atoms with E-state index in [9.17, 15) is 4.79 Å². The number of methoxy groups -OCH3 is 1. The number of hydrogen-bond donors (Lipinski definition) is 1. The van der Waals surface area contributed by atoms with E-state index in [0.717, 1.165) is 5.56 Å². The van der Waals surface area contributed by atoms with Crippen molar-refractivity contribution in [2.45, 2.75) is 18.7 Å². The molecule has 1 N–H and O–H groups in total. The predicted octanol–water partition coefficient (Wildman–Crippen LogP) is 1.07. The van der Waals surface area contributed by atoms with Gasteiger partial charge in [-0.05, 0) is 5.56 Å². The van der Waals surface area contributed by atoms with Crippen LogP contribution in [-0.4, -0.2) is 48.2 Å². The van der Waals surface area contributed by atoms with Gasteiger partial charge in [-0.15, -0.1) is 0 Å². The van der Waals surface area contributed by atoms with Gasteiger partial charge in [0.25, 0.3) is 5.91 Å². The van der Waals surface area contributed by atoms with Crippen molar-refractivity contribution >= 4 is 5.91 Å². The standard InChI is InChI=1S/C16H19N3O3/c1-21-15-11-22-10-14(15)18-16(20)13-7-17-19(9-13)8-12-5-3-2-4-6-12/h2-7,9,14-15H,8,10-11H2,1H3,(H,18,20)/t14-,15-/m0/s1. The molecule has 6 heteroatoms. The van der Waals surface area contributed by atoms with Crippen LogP contribution in [0.3, 0.4) is 0 Å². The summed E-state index contributed by atoms with van der Waals surface area (Å²) in [5.41, 5.74) is 1.68. The van der Waals surface area contributed by atoms with Crippen LogP contribution in [0.25, 0.3) is 0 Å². The fourth-order valence-corrected chi connectivity index (χ4v) is 2.49. The Morgan fingerprint density at radius 2 is 2.23 bits per heavy atom. The second kappa shape index (κ2) is 6.72. The maximum atomic E-state index is 12.3. The largest absolute Gasteiger partial charge is 0.377 e. The summed E-state index contributed by atoms with van der Waals surface area (Å²) < 4.78 is 12.4. The summed E-state index contributed by atoms with van der Waals surface area (Å²) in [7, 11) is 1.62. The van der Waals surface area contributed by atoms with Crippen LogP contribution in [0.2, 0.25) is 0 Å². The summed E-state index contributed by atoms with van der Waals surface area (Å²) in [6.07, 6.45) is 3.24. The van der Waals surface area contributed by atoms with E-state index in [-0.39, 0.29) is 18.1 Å². The molecule has 2 atom stereocenters. The van der Waals surface area contributed by atoms with E-state index in [1.54, 1.807) is 24.2 Å². The molecule has 2 aromatic rings. The summed E-state index contributed by atoms with van der Waals surface area (Å²) in [4.78, 5) is 12.3. The number of amides is 1. The van der Waals surface area contributed by atoms with Crippen LogP contribution in [0.1, 0.15) is 15.9 Å². The minimum Gasteiger partial charge on any atom is -0.377 e. The molecule has 116 valence electrons. The van der Waals surface area contributed by atoms with Crippen molar-refractivity contribution in [3.8, 4) is 0 Å². The lowest BCUT2D eigenvalue weighted by Crippen LogP contribution is -2.43. The molecule has 2 heterocycles. The summed E-state index contributed by atoms with van der Waals surface area (Å²) >= 11 is 0. The van der Waals surface area contributed by atoms with Crippen molar-refractivity contribution < 1.29 is 14.3 Å². The van der Waals surface area contributed by atoms with Crippen molar-refractivity contribution in [2.24, 2.45) is 0 Å². The first-order valence-electron chi connectivity index (χ1n) is 7.24. The van der Waals surface area contributed by atoms with Crippen molar-refractivity contribution in [3.63, 3.8) is 0 Å². The Hall–Kier alpha value is -2.18. The maximum Gasteiger partial charge on any atom is 0.254 e. The van der Waals surface area contributed by atoms with Gasteiger partial charge < -0.3 is 14.8 Å². The lowest BCUT2D eigenvalue weighted by atomic mass is 10.2. The third-order valence-electron chi connectivity index (χ3n) is 3.73. The fourth-order valence-electron chi connectivity index (χ4n) is 2.49. The number of hydrogen-bond acceptors (Lipinski definition) is 4. The molecule has 1 aliphatic heterocycles. The highest BCUT2D eigenvalue weighted by Gasteiger charge is 2.29. The van der Waals surface area contributed by atoms with Crippen molar-refractivity contribution in [2.75, 3.05) is 20.3 Å². The molecule has 0 spiro atoms. The number of carbonyl (C=O) groups is 1. The lowest BCUT2D eigenvalue weighted by Gasteiger charge is -2.16. The molecule has 22 heavy (non-hydrogen) atoms. The zero-order chi connectivity index (χ0) is 15.4. The van der Waals surface area contributed by atoms with Crippen LogP contribution in [0.15, 0.2) is 42.7 Å². The molecule has 0 unspecified atom stereocenters. The smallest absolute Gasteiger partial charge is 0.254 e. The SMILES string of the molecule is CO[C@H]1COC[C@@H]1NC(=O)c1cnn(Cc2ccccc2)c1. The summed E-state index contributed by atoms with van der Waals surface area (Å²) in [5, 5.41) is 7.17. The minimum absolute atomic E-state index is 0.0942. The summed E-state index contributed by atoms with van der Waals surface area (Å²) in [6, 6.07) is 9.88. The molecular weight excluding hydrogens is 282 g/mol. The first-order valence-corrected chi connectivity index (χ1v) is 7.24. The Kier molecular flexibility index (Phi) is 4.50. The normalized spacial score (nSPS) is 21.0. The Bertz CT molecular complexity index is 627. The average Bonchev–Trinajstić information content (AvgIpc) is 3.17. The molecule has 1 aromatic carbocycles. The Morgan fingerprint density at radius 1 is 1.41 bits per heavy atom. The van der Waals surface area contributed by atoms with Gasteiger partial charge in [-0.3, -0.25) is 9.48 Å². The van der Waals surface area contributed by atoms with Crippen molar-refractivity contribution in [1.29, 1.82) is 0 Å². The number of rotatable bonds is 5. The highest BCUT2D eigenvalue weighted by atomic mass is 16.5. The quantitative estimate of drug-likeness (QED) is 0.897. The molecule has 6 nitrogen and oxygen atoms in total. The molecule has 3 rings (SSSR count). The Morgan fingerprint density at radius 3 is 3.00 bits per heavy atom. The van der Waals surface area contributed by atoms with Crippen LogP contribution in [0.5, 0.6) is 0 Å². The second-order valence-corrected chi connectivity index (χ2v) is 5.30. The summed E-state index contributed by atoms with van der Waals surface area (Å²) in [6.45, 7) is 1.62. The van der Waals surface area contributed by atoms with E-state index >= 15 is 0 Å². The zero-order valence-corrected chi connectivity index (χ0v) is 12.4. The number of benzene rings is 1. The third-order valence-corrected chi connectivity index (χ3v) is 3.73. The molecule has 1 saturated heterocycles. The predicted molar refractivity (Wildman–Crippen MR) is 80.6 cm³/mol. The van der Waals surface area contributed by atoms with E-state index in [0.29, 0.717) is 25.3 Å². The van der Waals surface area contributed by atoms with Crippen LogP contribution in [0, 0.1) is 0 Å². The number of nitrogens with one attached hydrogen (secondary N) is 1. The molecule has 0 bridgehead atoms. The molecule has 0 aliphatic carbocycles. The van der Waals surface area contributed by atoms with Crippen LogP contribution in [0.4, 0.5) is 0 Å². The zero-order valence-electron chi connectivity index (χ0n) is 12.4. The molecule has 1 amide bonds. The maximum absolute atomic E-state index is 12.3. The van der Waals surface area contributed by atoms with Gasteiger partial charge in [0, 0.05) is 13.3 Å². The average molecular weight is 301 g/mol. The number of carbonyl (C=O) groups excluding carboxylic acids is 1.